The smallest absolute Gasteiger partial charge is 0.238 e. The Kier molecular flexibility index (Phi) is 4.59. The number of aromatic nitrogens is 3. The van der Waals surface area contributed by atoms with Crippen LogP contribution in [0.15, 0.2) is 61.4 Å². The molecule has 0 aliphatic carbocycles. The van der Waals surface area contributed by atoms with E-state index in [0.717, 1.165) is 0 Å². The maximum atomic E-state index is 12.4. The number of carbonyl (C=O) groups excluding carboxylic acids is 1. The average molecular weight is 384 g/mol. The maximum Gasteiger partial charge on any atom is 0.238 e. The first-order valence-electron chi connectivity index (χ1n) is 8.19. The molecule has 0 bridgehead atoms. The minimum atomic E-state index is -0.415. The van der Waals surface area contributed by atoms with Crippen molar-refractivity contribution in [3.05, 3.63) is 48.6 Å². The first-order valence-corrected chi connectivity index (χ1v) is 9.06. The predicted molar refractivity (Wildman–Crippen MR) is 99.2 cm³/mol. The lowest BCUT2D eigenvalue weighted by Gasteiger charge is -2.07. The van der Waals surface area contributed by atoms with E-state index in [1.54, 1.807) is 44.6 Å². The highest BCUT2D eigenvalue weighted by Crippen LogP contribution is 2.34. The number of H-pyrrole nitrogens is 1. The first kappa shape index (κ1) is 17.2. The zero-order valence-corrected chi connectivity index (χ0v) is 15.4. The fourth-order valence-corrected chi connectivity index (χ4v) is 3.28. The summed E-state index contributed by atoms with van der Waals surface area (Å²) in [5, 5.41) is 6.64. The van der Waals surface area contributed by atoms with E-state index in [-0.39, 0.29) is 5.91 Å². The number of rotatable bonds is 6. The summed E-state index contributed by atoms with van der Waals surface area (Å²) in [6.45, 7) is 3.55. The Morgan fingerprint density at radius 2 is 1.96 bits per heavy atom. The van der Waals surface area contributed by atoms with Crippen LogP contribution in [-0.4, -0.2) is 26.3 Å². The molecular weight excluding hydrogens is 368 g/mol. The molecule has 27 heavy (non-hydrogen) atoms. The van der Waals surface area contributed by atoms with Gasteiger partial charge in [0.1, 0.15) is 17.1 Å². The summed E-state index contributed by atoms with van der Waals surface area (Å²) in [6.07, 6.45) is 3.17. The zero-order chi connectivity index (χ0) is 18.8. The van der Waals surface area contributed by atoms with Crippen molar-refractivity contribution in [3.63, 3.8) is 0 Å². The zero-order valence-electron chi connectivity index (χ0n) is 14.6. The van der Waals surface area contributed by atoms with Crippen molar-refractivity contribution in [2.24, 2.45) is 0 Å². The van der Waals surface area contributed by atoms with Crippen LogP contribution in [0.1, 0.15) is 12.7 Å². The molecule has 0 saturated carbocycles. The van der Waals surface area contributed by atoms with Gasteiger partial charge in [-0.05, 0) is 38.1 Å². The molecule has 0 aliphatic heterocycles. The standard InChI is InChI=1S/C18H16N4O4S/c1-10-9-14(22-26-10)19-17(23)11(2)27-18-20-15(12-5-3-7-24-12)16(21-18)13-6-4-8-25-13/h3-9,11H,1-2H3,(H,20,21)(H,19,22,23). The number of aromatic amines is 1. The fraction of sp³-hybridized carbons (Fsp3) is 0.167. The lowest BCUT2D eigenvalue weighted by Crippen LogP contribution is -2.22. The number of thioether (sulfide) groups is 1. The Labute approximate surface area is 158 Å². The molecule has 0 spiro atoms. The van der Waals surface area contributed by atoms with Crippen molar-refractivity contribution in [2.75, 3.05) is 5.32 Å². The quantitative estimate of drug-likeness (QED) is 0.476. The van der Waals surface area contributed by atoms with E-state index >= 15 is 0 Å². The second-order valence-corrected chi connectivity index (χ2v) is 7.12. The molecule has 2 N–H and O–H groups in total. The first-order chi connectivity index (χ1) is 13.1. The topological polar surface area (TPSA) is 110 Å². The van der Waals surface area contributed by atoms with Gasteiger partial charge in [0, 0.05) is 6.07 Å². The van der Waals surface area contributed by atoms with Gasteiger partial charge in [-0.3, -0.25) is 4.79 Å². The van der Waals surface area contributed by atoms with Crippen molar-refractivity contribution in [1.29, 1.82) is 0 Å². The van der Waals surface area contributed by atoms with Gasteiger partial charge in [-0.15, -0.1) is 0 Å². The summed E-state index contributed by atoms with van der Waals surface area (Å²) < 4.78 is 15.9. The summed E-state index contributed by atoms with van der Waals surface area (Å²) in [4.78, 5) is 20.2. The van der Waals surface area contributed by atoms with Gasteiger partial charge in [0.15, 0.2) is 22.5 Å². The molecule has 4 aromatic heterocycles. The predicted octanol–water partition coefficient (Wildman–Crippen LogP) is 4.35. The maximum absolute atomic E-state index is 12.4. The van der Waals surface area contributed by atoms with E-state index < -0.39 is 5.25 Å². The van der Waals surface area contributed by atoms with Gasteiger partial charge in [0.05, 0.1) is 17.8 Å². The van der Waals surface area contributed by atoms with Crippen LogP contribution in [0, 0.1) is 6.92 Å². The molecule has 0 radical (unpaired) electrons. The van der Waals surface area contributed by atoms with Gasteiger partial charge >= 0.3 is 0 Å². The molecule has 4 heterocycles. The molecule has 0 aromatic carbocycles. The molecular formula is C18H16N4O4S. The van der Waals surface area contributed by atoms with E-state index in [4.69, 9.17) is 13.4 Å². The van der Waals surface area contributed by atoms with Gasteiger partial charge in [-0.2, -0.15) is 0 Å². The number of aryl methyl sites for hydroxylation is 1. The molecule has 9 heteroatoms. The SMILES string of the molecule is Cc1cc(NC(=O)C(C)Sc2nc(-c3ccco3)c(-c3ccco3)[nH]2)no1. The van der Waals surface area contributed by atoms with Gasteiger partial charge < -0.3 is 23.7 Å². The van der Waals surface area contributed by atoms with Crippen molar-refractivity contribution in [2.45, 2.75) is 24.3 Å². The van der Waals surface area contributed by atoms with Crippen molar-refractivity contribution < 1.29 is 18.2 Å². The van der Waals surface area contributed by atoms with Crippen molar-refractivity contribution >= 4 is 23.5 Å². The average Bonchev–Trinajstić information content (AvgIpc) is 3.42. The van der Waals surface area contributed by atoms with Crippen LogP contribution in [0.3, 0.4) is 0 Å². The number of anilines is 1. The highest BCUT2D eigenvalue weighted by molar-refractivity contribution is 8.00. The third-order valence-electron chi connectivity index (χ3n) is 3.74. The molecule has 1 amide bonds. The number of imidazole rings is 1. The van der Waals surface area contributed by atoms with Crippen LogP contribution < -0.4 is 5.32 Å². The molecule has 4 rings (SSSR count). The fourth-order valence-electron chi connectivity index (χ4n) is 2.47. The van der Waals surface area contributed by atoms with Gasteiger partial charge in [0.2, 0.25) is 5.91 Å². The van der Waals surface area contributed by atoms with Crippen LogP contribution >= 0.6 is 11.8 Å². The highest BCUT2D eigenvalue weighted by Gasteiger charge is 2.22. The van der Waals surface area contributed by atoms with Crippen molar-refractivity contribution in [1.82, 2.24) is 15.1 Å². The number of nitrogens with one attached hydrogen (secondary N) is 2. The minimum Gasteiger partial charge on any atom is -0.463 e. The Morgan fingerprint density at radius 1 is 1.22 bits per heavy atom. The highest BCUT2D eigenvalue weighted by atomic mass is 32.2. The van der Waals surface area contributed by atoms with Crippen LogP contribution in [0.5, 0.6) is 0 Å². The number of hydrogen-bond donors (Lipinski definition) is 2. The third-order valence-corrected chi connectivity index (χ3v) is 4.73. The molecule has 4 aromatic rings. The van der Waals surface area contributed by atoms with Gasteiger partial charge in [0.25, 0.3) is 0 Å². The Morgan fingerprint density at radius 3 is 2.59 bits per heavy atom. The van der Waals surface area contributed by atoms with Gasteiger partial charge in [-0.1, -0.05) is 16.9 Å². The molecule has 0 saturated heterocycles. The van der Waals surface area contributed by atoms with E-state index in [9.17, 15) is 4.79 Å². The second kappa shape index (κ2) is 7.20. The Hall–Kier alpha value is -3.20. The lowest BCUT2D eigenvalue weighted by molar-refractivity contribution is -0.115. The summed E-state index contributed by atoms with van der Waals surface area (Å²) in [5.74, 6) is 2.05. The van der Waals surface area contributed by atoms with E-state index in [0.29, 0.717) is 39.6 Å². The Bertz CT molecular complexity index is 982. The third kappa shape index (κ3) is 3.68. The van der Waals surface area contributed by atoms with Crippen LogP contribution in [0.4, 0.5) is 5.82 Å². The summed E-state index contributed by atoms with van der Waals surface area (Å²) >= 11 is 1.29. The molecule has 8 nitrogen and oxygen atoms in total. The molecule has 0 aliphatic rings. The van der Waals surface area contributed by atoms with Crippen molar-refractivity contribution in [3.8, 4) is 22.9 Å². The largest absolute Gasteiger partial charge is 0.463 e. The van der Waals surface area contributed by atoms with Gasteiger partial charge in [-0.25, -0.2) is 4.98 Å². The minimum absolute atomic E-state index is 0.205. The summed E-state index contributed by atoms with van der Waals surface area (Å²) in [5.41, 5.74) is 1.31. The molecule has 138 valence electrons. The number of hydrogen-bond acceptors (Lipinski definition) is 7. The molecule has 0 fully saturated rings. The van der Waals surface area contributed by atoms with E-state index in [1.165, 1.54) is 11.8 Å². The normalized spacial score (nSPS) is 12.2. The van der Waals surface area contributed by atoms with Crippen LogP contribution in [0.2, 0.25) is 0 Å². The summed E-state index contributed by atoms with van der Waals surface area (Å²) in [7, 11) is 0. The lowest BCUT2D eigenvalue weighted by atomic mass is 10.2. The molecule has 1 unspecified atom stereocenters. The number of amides is 1. The number of carbonyl (C=O) groups is 1. The van der Waals surface area contributed by atoms with E-state index in [1.807, 2.05) is 12.1 Å². The van der Waals surface area contributed by atoms with Crippen LogP contribution in [0.25, 0.3) is 22.9 Å². The second-order valence-electron chi connectivity index (χ2n) is 5.79. The Balaban J connectivity index is 1.55. The molecule has 1 atom stereocenters. The summed E-state index contributed by atoms with van der Waals surface area (Å²) in [6, 6.07) is 8.90. The van der Waals surface area contributed by atoms with Crippen LogP contribution in [-0.2, 0) is 4.79 Å². The van der Waals surface area contributed by atoms with E-state index in [2.05, 4.69) is 20.4 Å². The number of nitrogens with zero attached hydrogens (tertiary/aromatic N) is 2. The monoisotopic (exact) mass is 384 g/mol. The number of furan rings is 2.